The van der Waals surface area contributed by atoms with E-state index >= 15 is 0 Å². The van der Waals surface area contributed by atoms with Crippen molar-refractivity contribution < 1.29 is 9.72 Å². The Morgan fingerprint density at radius 3 is 2.79 bits per heavy atom. The third-order valence-corrected chi connectivity index (χ3v) is 4.29. The minimum atomic E-state index is -0.491. The number of H-pyrrole nitrogens is 1. The number of nitrogens with zero attached hydrogens (tertiary/aromatic N) is 5. The molecule has 10 heteroatoms. The zero-order chi connectivity index (χ0) is 20.4. The number of aromatic amines is 1. The highest BCUT2D eigenvalue weighted by molar-refractivity contribution is 6.03. The molecule has 0 radical (unpaired) electrons. The maximum Gasteiger partial charge on any atom is 0.278 e. The van der Waals surface area contributed by atoms with Gasteiger partial charge < -0.3 is 10.3 Å². The molecule has 0 unspecified atom stereocenters. The van der Waals surface area contributed by atoms with Crippen molar-refractivity contribution in [2.75, 3.05) is 5.32 Å². The number of amides is 1. The van der Waals surface area contributed by atoms with Gasteiger partial charge in [-0.05, 0) is 25.1 Å². The number of hydrogen-bond donors (Lipinski definition) is 2. The Balaban J connectivity index is 1.59. The van der Waals surface area contributed by atoms with Crippen molar-refractivity contribution in [2.24, 2.45) is 0 Å². The Bertz CT molecular complexity index is 1200. The van der Waals surface area contributed by atoms with E-state index in [0.717, 1.165) is 5.56 Å². The molecule has 2 aromatic heterocycles. The van der Waals surface area contributed by atoms with Crippen molar-refractivity contribution >= 4 is 17.3 Å². The summed E-state index contributed by atoms with van der Waals surface area (Å²) in [6, 6.07) is 13.2. The van der Waals surface area contributed by atoms with Gasteiger partial charge in [0.25, 0.3) is 11.6 Å². The number of anilines is 1. The molecular weight excluding hydrogens is 374 g/mol. The molecule has 10 nitrogen and oxygen atoms in total. The van der Waals surface area contributed by atoms with Crippen molar-refractivity contribution in [3.63, 3.8) is 0 Å². The molecule has 1 amide bonds. The third-order valence-electron chi connectivity index (χ3n) is 4.29. The number of non-ortho nitro benzene ring substituents is 1. The van der Waals surface area contributed by atoms with Gasteiger partial charge in [0.2, 0.25) is 0 Å². The molecule has 0 saturated heterocycles. The molecule has 4 aromatic rings. The molecule has 0 aliphatic carbocycles. The fraction of sp³-hybridized carbons (Fsp3) is 0.0526. The SMILES string of the molecule is Cc1c(C(=O)Nc2cccc(-c3ncc[nH]3)c2)nnn1-c1cccc([N+](=O)[O-])c1. The largest absolute Gasteiger partial charge is 0.345 e. The molecule has 0 atom stereocenters. The zero-order valence-corrected chi connectivity index (χ0v) is 15.2. The summed E-state index contributed by atoms with van der Waals surface area (Å²) in [6.45, 7) is 1.67. The number of imidazole rings is 1. The molecule has 0 aliphatic rings. The van der Waals surface area contributed by atoms with Crippen molar-refractivity contribution in [3.8, 4) is 17.1 Å². The van der Waals surface area contributed by atoms with E-state index < -0.39 is 10.8 Å². The Morgan fingerprint density at radius 2 is 2.03 bits per heavy atom. The average Bonchev–Trinajstić information content (AvgIpc) is 3.38. The van der Waals surface area contributed by atoms with E-state index in [4.69, 9.17) is 0 Å². The molecule has 0 saturated carbocycles. The van der Waals surface area contributed by atoms with Crippen LogP contribution < -0.4 is 5.32 Å². The van der Waals surface area contributed by atoms with E-state index in [1.54, 1.807) is 49.6 Å². The first-order valence-electron chi connectivity index (χ1n) is 8.61. The summed E-state index contributed by atoms with van der Waals surface area (Å²) in [5, 5.41) is 21.7. The number of aromatic nitrogens is 5. The summed E-state index contributed by atoms with van der Waals surface area (Å²) in [4.78, 5) is 30.4. The topological polar surface area (TPSA) is 132 Å². The molecule has 0 fully saturated rings. The Kier molecular flexibility index (Phi) is 4.57. The van der Waals surface area contributed by atoms with Gasteiger partial charge in [0, 0.05) is 35.8 Å². The monoisotopic (exact) mass is 389 g/mol. The second kappa shape index (κ2) is 7.35. The Hall–Kier alpha value is -4.34. The highest BCUT2D eigenvalue weighted by Gasteiger charge is 2.19. The van der Waals surface area contributed by atoms with Gasteiger partial charge in [0.15, 0.2) is 5.69 Å². The Labute approximate surface area is 164 Å². The number of nitro benzene ring substituents is 1. The molecule has 2 heterocycles. The number of hydrogen-bond acceptors (Lipinski definition) is 6. The molecule has 0 spiro atoms. The van der Waals surface area contributed by atoms with Gasteiger partial charge in [-0.2, -0.15) is 0 Å². The van der Waals surface area contributed by atoms with Gasteiger partial charge in [0.1, 0.15) is 5.82 Å². The first-order chi connectivity index (χ1) is 14.0. The number of rotatable bonds is 5. The van der Waals surface area contributed by atoms with Crippen LogP contribution in [0.5, 0.6) is 0 Å². The van der Waals surface area contributed by atoms with E-state index in [0.29, 0.717) is 22.9 Å². The summed E-state index contributed by atoms with van der Waals surface area (Å²) in [5.74, 6) is 0.254. The van der Waals surface area contributed by atoms with Crippen LogP contribution in [-0.2, 0) is 0 Å². The van der Waals surface area contributed by atoms with Crippen molar-refractivity contribution in [2.45, 2.75) is 6.92 Å². The zero-order valence-electron chi connectivity index (χ0n) is 15.2. The van der Waals surface area contributed by atoms with Crippen LogP contribution in [-0.4, -0.2) is 35.8 Å². The minimum Gasteiger partial charge on any atom is -0.345 e. The molecule has 2 N–H and O–H groups in total. The lowest BCUT2D eigenvalue weighted by Gasteiger charge is -2.06. The molecular formula is C19H15N7O3. The Morgan fingerprint density at radius 1 is 1.21 bits per heavy atom. The maximum atomic E-state index is 12.7. The lowest BCUT2D eigenvalue weighted by atomic mass is 10.2. The summed E-state index contributed by atoms with van der Waals surface area (Å²) in [5.41, 5.74) is 2.37. The van der Waals surface area contributed by atoms with E-state index in [1.165, 1.54) is 16.8 Å². The van der Waals surface area contributed by atoms with Gasteiger partial charge in [-0.3, -0.25) is 14.9 Å². The second-order valence-electron chi connectivity index (χ2n) is 6.18. The summed E-state index contributed by atoms with van der Waals surface area (Å²) in [7, 11) is 0. The first-order valence-corrected chi connectivity index (χ1v) is 8.61. The fourth-order valence-corrected chi connectivity index (χ4v) is 2.88. The standard InChI is InChI=1S/C19H15N7O3/c1-12-17(23-24-25(12)15-6-3-7-16(11-15)26(28)29)19(27)22-14-5-2-4-13(10-14)18-20-8-9-21-18/h2-11H,1H3,(H,20,21)(H,22,27). The smallest absolute Gasteiger partial charge is 0.278 e. The summed E-state index contributed by atoms with van der Waals surface area (Å²) < 4.78 is 1.39. The van der Waals surface area contributed by atoms with E-state index in [2.05, 4.69) is 25.6 Å². The van der Waals surface area contributed by atoms with Crippen LogP contribution in [0.2, 0.25) is 0 Å². The van der Waals surface area contributed by atoms with Gasteiger partial charge in [-0.1, -0.05) is 23.4 Å². The van der Waals surface area contributed by atoms with Crippen LogP contribution in [0.15, 0.2) is 60.9 Å². The highest BCUT2D eigenvalue weighted by atomic mass is 16.6. The van der Waals surface area contributed by atoms with Crippen LogP contribution in [0.4, 0.5) is 11.4 Å². The highest BCUT2D eigenvalue weighted by Crippen LogP contribution is 2.21. The summed E-state index contributed by atoms with van der Waals surface area (Å²) in [6.07, 6.45) is 3.37. The molecule has 29 heavy (non-hydrogen) atoms. The van der Waals surface area contributed by atoms with Crippen molar-refractivity contribution in [3.05, 3.63) is 82.4 Å². The lowest BCUT2D eigenvalue weighted by molar-refractivity contribution is -0.384. The predicted molar refractivity (Wildman–Crippen MR) is 105 cm³/mol. The van der Waals surface area contributed by atoms with Crippen molar-refractivity contribution in [1.29, 1.82) is 0 Å². The average molecular weight is 389 g/mol. The fourth-order valence-electron chi connectivity index (χ4n) is 2.88. The number of benzene rings is 2. The van der Waals surface area contributed by atoms with Gasteiger partial charge in [0.05, 0.1) is 16.3 Å². The van der Waals surface area contributed by atoms with Gasteiger partial charge in [-0.15, -0.1) is 5.10 Å². The number of carbonyl (C=O) groups excluding carboxylic acids is 1. The first kappa shape index (κ1) is 18.0. The summed E-state index contributed by atoms with van der Waals surface area (Å²) >= 11 is 0. The van der Waals surface area contributed by atoms with Crippen LogP contribution in [0, 0.1) is 17.0 Å². The van der Waals surface area contributed by atoms with Crippen LogP contribution in [0.3, 0.4) is 0 Å². The van der Waals surface area contributed by atoms with E-state index in [-0.39, 0.29) is 11.4 Å². The molecule has 0 bridgehead atoms. The number of nitro groups is 1. The number of nitrogens with one attached hydrogen (secondary N) is 2. The maximum absolute atomic E-state index is 12.7. The molecule has 2 aromatic carbocycles. The third kappa shape index (κ3) is 3.58. The molecule has 0 aliphatic heterocycles. The quantitative estimate of drug-likeness (QED) is 0.398. The van der Waals surface area contributed by atoms with Crippen molar-refractivity contribution in [1.82, 2.24) is 25.0 Å². The normalized spacial score (nSPS) is 10.7. The molecule has 4 rings (SSSR count). The van der Waals surface area contributed by atoms with E-state index in [9.17, 15) is 14.9 Å². The van der Waals surface area contributed by atoms with Crippen LogP contribution >= 0.6 is 0 Å². The van der Waals surface area contributed by atoms with Crippen LogP contribution in [0.1, 0.15) is 16.2 Å². The van der Waals surface area contributed by atoms with Crippen LogP contribution in [0.25, 0.3) is 17.1 Å². The molecule has 144 valence electrons. The van der Waals surface area contributed by atoms with Gasteiger partial charge >= 0.3 is 0 Å². The predicted octanol–water partition coefficient (Wildman–Crippen LogP) is 3.13. The minimum absolute atomic E-state index is 0.0712. The van der Waals surface area contributed by atoms with E-state index in [1.807, 2.05) is 6.07 Å². The number of carbonyl (C=O) groups is 1. The van der Waals surface area contributed by atoms with Gasteiger partial charge in [-0.25, -0.2) is 9.67 Å². The lowest BCUT2D eigenvalue weighted by Crippen LogP contribution is -2.14. The second-order valence-corrected chi connectivity index (χ2v) is 6.18.